The van der Waals surface area contributed by atoms with Gasteiger partial charge in [-0.25, -0.2) is 17.5 Å². The van der Waals surface area contributed by atoms with Crippen LogP contribution in [0.1, 0.15) is 19.3 Å². The lowest BCUT2D eigenvalue weighted by atomic mass is 9.78. The van der Waals surface area contributed by atoms with Gasteiger partial charge in [-0.2, -0.15) is 0 Å². The van der Waals surface area contributed by atoms with Gasteiger partial charge in [-0.1, -0.05) is 11.6 Å². The van der Waals surface area contributed by atoms with E-state index < -0.39 is 21.4 Å². The lowest BCUT2D eigenvalue weighted by Gasteiger charge is -2.40. The Morgan fingerprint density at radius 3 is 2.56 bits per heavy atom. The molecule has 1 saturated carbocycles. The van der Waals surface area contributed by atoms with Gasteiger partial charge in [0.15, 0.2) is 0 Å². The number of nitrogens with one attached hydrogen (secondary N) is 1. The first-order chi connectivity index (χ1) is 8.38. The molecule has 0 spiro atoms. The quantitative estimate of drug-likeness (QED) is 0.887. The van der Waals surface area contributed by atoms with Gasteiger partial charge in [0, 0.05) is 0 Å². The third kappa shape index (κ3) is 2.51. The molecule has 1 aliphatic rings. The van der Waals surface area contributed by atoms with Crippen molar-refractivity contribution in [3.05, 3.63) is 29.0 Å². The van der Waals surface area contributed by atoms with Crippen molar-refractivity contribution in [3.63, 3.8) is 0 Å². The molecule has 0 bridgehead atoms. The molecule has 1 fully saturated rings. The highest BCUT2D eigenvalue weighted by atomic mass is 35.5. The molecule has 1 aliphatic carbocycles. The molecule has 1 aromatic rings. The van der Waals surface area contributed by atoms with Crippen molar-refractivity contribution in [3.8, 4) is 0 Å². The molecular weight excluding hydrogens is 281 g/mol. The minimum Gasteiger partial charge on any atom is -0.394 e. The first-order valence-electron chi connectivity index (χ1n) is 5.48. The van der Waals surface area contributed by atoms with Crippen LogP contribution in [0.3, 0.4) is 0 Å². The average Bonchev–Trinajstić information content (AvgIpc) is 2.23. The summed E-state index contributed by atoms with van der Waals surface area (Å²) in [6, 6.07) is 3.10. The third-order valence-electron chi connectivity index (χ3n) is 3.15. The van der Waals surface area contributed by atoms with E-state index >= 15 is 0 Å². The predicted octanol–water partition coefficient (Wildman–Crippen LogP) is 1.67. The molecule has 2 N–H and O–H groups in total. The van der Waals surface area contributed by atoms with Gasteiger partial charge in [0.25, 0.3) is 0 Å². The standard InChI is InChI=1S/C11H13ClFNO3S/c12-9-6-8(13)2-3-10(9)18(16,17)14-11(7-15)4-1-5-11/h2-3,6,14-15H,1,4-5,7H2. The maximum atomic E-state index is 12.9. The fourth-order valence-corrected chi connectivity index (χ4v) is 3.91. The van der Waals surface area contributed by atoms with E-state index in [1.165, 1.54) is 0 Å². The van der Waals surface area contributed by atoms with E-state index in [0.29, 0.717) is 12.8 Å². The Morgan fingerprint density at radius 1 is 1.44 bits per heavy atom. The Bertz CT molecular complexity index is 552. The Balaban J connectivity index is 2.31. The smallest absolute Gasteiger partial charge is 0.242 e. The van der Waals surface area contributed by atoms with Crippen molar-refractivity contribution in [2.75, 3.05) is 6.61 Å². The summed E-state index contributed by atoms with van der Waals surface area (Å²) in [6.45, 7) is -0.259. The maximum Gasteiger partial charge on any atom is 0.242 e. The monoisotopic (exact) mass is 293 g/mol. The van der Waals surface area contributed by atoms with Crippen LogP contribution >= 0.6 is 11.6 Å². The molecule has 0 saturated heterocycles. The molecule has 7 heteroatoms. The lowest BCUT2D eigenvalue weighted by molar-refractivity contribution is 0.110. The minimum absolute atomic E-state index is 0.171. The highest BCUT2D eigenvalue weighted by Gasteiger charge is 2.40. The number of hydrogen-bond acceptors (Lipinski definition) is 3. The first kappa shape index (κ1) is 13.7. The highest BCUT2D eigenvalue weighted by Crippen LogP contribution is 2.33. The molecule has 0 radical (unpaired) electrons. The zero-order chi connectivity index (χ0) is 13.4. The van der Waals surface area contributed by atoms with Crippen LogP contribution in [-0.2, 0) is 10.0 Å². The summed E-state index contributed by atoms with van der Waals surface area (Å²) in [6.07, 6.45) is 2.03. The molecular formula is C11H13ClFNO3S. The zero-order valence-corrected chi connectivity index (χ0v) is 11.1. The number of aliphatic hydroxyl groups is 1. The van der Waals surface area contributed by atoms with Gasteiger partial charge in [0.2, 0.25) is 10.0 Å². The second-order valence-electron chi connectivity index (χ2n) is 4.47. The number of benzene rings is 1. The van der Waals surface area contributed by atoms with Crippen LogP contribution in [0, 0.1) is 5.82 Å². The summed E-state index contributed by atoms with van der Waals surface area (Å²) in [5.41, 5.74) is -0.795. The molecule has 0 atom stereocenters. The average molecular weight is 294 g/mol. The summed E-state index contributed by atoms with van der Waals surface area (Å²) < 4.78 is 39.5. The Labute approximate surface area is 110 Å². The van der Waals surface area contributed by atoms with E-state index in [2.05, 4.69) is 4.72 Å². The molecule has 18 heavy (non-hydrogen) atoms. The van der Waals surface area contributed by atoms with Crippen LogP contribution in [0.5, 0.6) is 0 Å². The molecule has 1 aromatic carbocycles. The van der Waals surface area contributed by atoms with Crippen LogP contribution in [0.15, 0.2) is 23.1 Å². The van der Waals surface area contributed by atoms with Gasteiger partial charge < -0.3 is 5.11 Å². The summed E-state index contributed by atoms with van der Waals surface area (Å²) in [5.74, 6) is -0.598. The van der Waals surface area contributed by atoms with Crippen LogP contribution < -0.4 is 4.72 Å². The SMILES string of the molecule is O=S(=O)(NC1(CO)CCC1)c1ccc(F)cc1Cl. The van der Waals surface area contributed by atoms with Crippen LogP contribution in [0.4, 0.5) is 4.39 Å². The minimum atomic E-state index is -3.85. The van der Waals surface area contributed by atoms with E-state index in [-0.39, 0.29) is 16.5 Å². The Morgan fingerprint density at radius 2 is 2.11 bits per heavy atom. The highest BCUT2D eigenvalue weighted by molar-refractivity contribution is 7.89. The largest absolute Gasteiger partial charge is 0.394 e. The van der Waals surface area contributed by atoms with Crippen LogP contribution in [-0.4, -0.2) is 25.7 Å². The molecule has 2 rings (SSSR count). The zero-order valence-electron chi connectivity index (χ0n) is 9.49. The normalized spacial score (nSPS) is 18.4. The van der Waals surface area contributed by atoms with E-state index in [0.717, 1.165) is 24.6 Å². The summed E-state index contributed by atoms with van der Waals surface area (Å²) in [7, 11) is -3.85. The van der Waals surface area contributed by atoms with Crippen LogP contribution in [0.25, 0.3) is 0 Å². The molecule has 0 aliphatic heterocycles. The van der Waals surface area contributed by atoms with Gasteiger partial charge >= 0.3 is 0 Å². The Hall–Kier alpha value is -0.690. The molecule has 0 amide bonds. The van der Waals surface area contributed by atoms with Crippen molar-refractivity contribution in [1.82, 2.24) is 4.72 Å². The van der Waals surface area contributed by atoms with Gasteiger partial charge in [0.1, 0.15) is 10.7 Å². The fourth-order valence-electron chi connectivity index (χ4n) is 1.93. The number of halogens is 2. The number of rotatable bonds is 4. The van der Waals surface area contributed by atoms with Crippen molar-refractivity contribution < 1.29 is 17.9 Å². The fraction of sp³-hybridized carbons (Fsp3) is 0.455. The van der Waals surface area contributed by atoms with Gasteiger partial charge in [-0.3, -0.25) is 0 Å². The summed E-state index contributed by atoms with van der Waals surface area (Å²) >= 11 is 5.73. The van der Waals surface area contributed by atoms with Gasteiger partial charge in [-0.15, -0.1) is 0 Å². The molecule has 0 unspecified atom stereocenters. The van der Waals surface area contributed by atoms with E-state index in [1.807, 2.05) is 0 Å². The first-order valence-corrected chi connectivity index (χ1v) is 7.35. The van der Waals surface area contributed by atoms with Crippen LogP contribution in [0.2, 0.25) is 5.02 Å². The van der Waals surface area contributed by atoms with Crippen molar-refractivity contribution in [1.29, 1.82) is 0 Å². The van der Waals surface area contributed by atoms with Crippen molar-refractivity contribution in [2.24, 2.45) is 0 Å². The molecule has 0 aromatic heterocycles. The molecule has 0 heterocycles. The van der Waals surface area contributed by atoms with Gasteiger partial charge in [-0.05, 0) is 37.5 Å². The van der Waals surface area contributed by atoms with Crippen molar-refractivity contribution in [2.45, 2.75) is 29.7 Å². The second-order valence-corrected chi connectivity index (χ2v) is 6.53. The summed E-state index contributed by atoms with van der Waals surface area (Å²) in [5, 5.41) is 9.07. The lowest BCUT2D eigenvalue weighted by Crippen LogP contribution is -2.55. The molecule has 4 nitrogen and oxygen atoms in total. The van der Waals surface area contributed by atoms with E-state index in [9.17, 15) is 17.9 Å². The topological polar surface area (TPSA) is 66.4 Å². The summed E-state index contributed by atoms with van der Waals surface area (Å²) in [4.78, 5) is -0.176. The third-order valence-corrected chi connectivity index (χ3v) is 5.21. The molecule has 100 valence electrons. The predicted molar refractivity (Wildman–Crippen MR) is 65.4 cm³/mol. The maximum absolute atomic E-state index is 12.9. The number of sulfonamides is 1. The number of aliphatic hydroxyl groups excluding tert-OH is 1. The second kappa shape index (κ2) is 4.77. The van der Waals surface area contributed by atoms with E-state index in [1.54, 1.807) is 0 Å². The van der Waals surface area contributed by atoms with Crippen molar-refractivity contribution >= 4 is 21.6 Å². The van der Waals surface area contributed by atoms with E-state index in [4.69, 9.17) is 11.6 Å². The Kier molecular flexibility index (Phi) is 3.64. The van der Waals surface area contributed by atoms with Gasteiger partial charge in [0.05, 0.1) is 17.2 Å². The number of hydrogen-bond donors (Lipinski definition) is 2.